The van der Waals surface area contributed by atoms with E-state index in [1.807, 2.05) is 12.2 Å². The first kappa shape index (κ1) is 21.9. The number of anilines is 1. The summed E-state index contributed by atoms with van der Waals surface area (Å²) in [7, 11) is 0. The summed E-state index contributed by atoms with van der Waals surface area (Å²) in [6.07, 6.45) is -4.29. The smallest absolute Gasteiger partial charge is 0.442 e. The van der Waals surface area contributed by atoms with Crippen molar-refractivity contribution in [3.8, 4) is 0 Å². The lowest BCUT2D eigenvalue weighted by Gasteiger charge is -2.34. The molecule has 0 saturated heterocycles. The maximum Gasteiger partial charge on any atom is 0.442 e. The molecule has 0 bridgehead atoms. The molecule has 0 aliphatic heterocycles. The number of thiazole rings is 1. The van der Waals surface area contributed by atoms with Gasteiger partial charge in [0.1, 0.15) is 0 Å². The lowest BCUT2D eigenvalue weighted by atomic mass is 10.1. The average molecular weight is 417 g/mol. The highest BCUT2D eigenvalue weighted by atomic mass is 32.1. The number of hydrogen-bond acceptors (Lipinski definition) is 6. The zero-order chi connectivity index (χ0) is 20.9. The number of nitrogens with zero attached hydrogens (tertiary/aromatic N) is 1. The van der Waals surface area contributed by atoms with Crippen LogP contribution < -0.4 is 10.6 Å². The van der Waals surface area contributed by atoms with Gasteiger partial charge in [0.05, 0.1) is 16.8 Å². The van der Waals surface area contributed by atoms with Gasteiger partial charge in [0, 0.05) is 6.42 Å². The third kappa shape index (κ3) is 4.73. The van der Waals surface area contributed by atoms with Crippen molar-refractivity contribution in [2.75, 3.05) is 11.9 Å². The second-order valence-corrected chi connectivity index (χ2v) is 7.27. The summed E-state index contributed by atoms with van der Waals surface area (Å²) >= 11 is 0.954. The van der Waals surface area contributed by atoms with E-state index in [0.29, 0.717) is 23.1 Å². The van der Waals surface area contributed by atoms with E-state index >= 15 is 0 Å². The molecule has 0 unspecified atom stereocenters. The fourth-order valence-electron chi connectivity index (χ4n) is 2.48. The molecule has 2 N–H and O–H groups in total. The highest BCUT2D eigenvalue weighted by molar-refractivity contribution is 7.22. The summed E-state index contributed by atoms with van der Waals surface area (Å²) in [4.78, 5) is 28.6. The van der Waals surface area contributed by atoms with E-state index in [-0.39, 0.29) is 18.2 Å². The SMILES string of the molecule is CCCCC(=O)N[C@](Nc1nc2ccc(C)cc2s1)(C(=O)OCC)C(F)(F)F. The van der Waals surface area contributed by atoms with Crippen LogP contribution in [0.15, 0.2) is 18.2 Å². The molecule has 1 heterocycles. The van der Waals surface area contributed by atoms with Crippen LogP contribution in [0.3, 0.4) is 0 Å². The van der Waals surface area contributed by atoms with Gasteiger partial charge in [0.25, 0.3) is 0 Å². The second-order valence-electron chi connectivity index (χ2n) is 6.24. The van der Waals surface area contributed by atoms with Crippen LogP contribution in [-0.4, -0.2) is 35.3 Å². The topological polar surface area (TPSA) is 80.3 Å². The first-order valence-corrected chi connectivity index (χ1v) is 9.65. The highest BCUT2D eigenvalue weighted by Gasteiger charge is 2.64. The summed E-state index contributed by atoms with van der Waals surface area (Å²) in [5.41, 5.74) is -2.02. The number of benzene rings is 1. The van der Waals surface area contributed by atoms with E-state index in [1.165, 1.54) is 6.92 Å². The number of esters is 1. The van der Waals surface area contributed by atoms with Crippen LogP contribution >= 0.6 is 11.3 Å². The van der Waals surface area contributed by atoms with Gasteiger partial charge in [-0.15, -0.1) is 0 Å². The molecular weight excluding hydrogens is 395 g/mol. The summed E-state index contributed by atoms with van der Waals surface area (Å²) in [6.45, 7) is 4.76. The molecule has 1 aromatic carbocycles. The lowest BCUT2D eigenvalue weighted by Crippen LogP contribution is -2.69. The van der Waals surface area contributed by atoms with Crippen molar-refractivity contribution in [3.05, 3.63) is 23.8 Å². The van der Waals surface area contributed by atoms with E-state index in [1.54, 1.807) is 25.1 Å². The number of carbonyl (C=O) groups excluding carboxylic acids is 2. The van der Waals surface area contributed by atoms with Crippen molar-refractivity contribution in [2.45, 2.75) is 51.9 Å². The number of aromatic nitrogens is 1. The number of aryl methyl sites for hydroxylation is 1. The summed E-state index contributed by atoms with van der Waals surface area (Å²) < 4.78 is 47.4. The Morgan fingerprint density at radius 2 is 1.96 bits per heavy atom. The standard InChI is InChI=1S/C18H22F3N3O3S/c1-4-6-7-14(25)23-17(18(19,20)21,15(26)27-5-2)24-16-22-12-9-8-11(3)10-13(12)28-16/h8-10H,4-7H2,1-3H3,(H,22,24)(H,23,25)/t17-/m0/s1. The quantitative estimate of drug-likeness (QED) is 0.498. The van der Waals surface area contributed by atoms with Crippen LogP contribution in [0, 0.1) is 6.92 Å². The number of nitrogens with one attached hydrogen (secondary N) is 2. The molecule has 1 amide bonds. The van der Waals surface area contributed by atoms with E-state index in [4.69, 9.17) is 0 Å². The Morgan fingerprint density at radius 1 is 1.25 bits per heavy atom. The first-order chi connectivity index (χ1) is 13.1. The Bertz CT molecular complexity index is 853. The Hall–Kier alpha value is -2.36. The number of halogens is 3. The molecule has 0 saturated carbocycles. The summed E-state index contributed by atoms with van der Waals surface area (Å²) in [5.74, 6) is -2.54. The minimum absolute atomic E-state index is 0.144. The van der Waals surface area contributed by atoms with Crippen molar-refractivity contribution in [2.24, 2.45) is 0 Å². The first-order valence-electron chi connectivity index (χ1n) is 8.83. The fourth-order valence-corrected chi connectivity index (χ4v) is 3.50. The van der Waals surface area contributed by atoms with Crippen LogP contribution in [0.5, 0.6) is 0 Å². The molecule has 1 atom stereocenters. The average Bonchev–Trinajstić information content (AvgIpc) is 2.99. The number of fused-ring (bicyclic) bond motifs is 1. The minimum atomic E-state index is -5.16. The fraction of sp³-hybridized carbons (Fsp3) is 0.500. The van der Waals surface area contributed by atoms with Crippen molar-refractivity contribution in [3.63, 3.8) is 0 Å². The van der Waals surface area contributed by atoms with E-state index in [0.717, 1.165) is 16.9 Å². The van der Waals surface area contributed by atoms with Crippen LogP contribution in [0.1, 0.15) is 38.7 Å². The van der Waals surface area contributed by atoms with Gasteiger partial charge >= 0.3 is 17.8 Å². The lowest BCUT2D eigenvalue weighted by molar-refractivity contribution is -0.207. The van der Waals surface area contributed by atoms with Crippen LogP contribution in [0.25, 0.3) is 10.2 Å². The third-order valence-corrected chi connectivity index (χ3v) is 4.86. The number of ether oxygens (including phenoxy) is 1. The van der Waals surface area contributed by atoms with Gasteiger partial charge in [-0.2, -0.15) is 13.2 Å². The van der Waals surface area contributed by atoms with Gasteiger partial charge in [0.2, 0.25) is 5.91 Å². The van der Waals surface area contributed by atoms with Crippen molar-refractivity contribution in [1.29, 1.82) is 0 Å². The molecule has 0 radical (unpaired) electrons. The number of amides is 1. The molecule has 2 rings (SSSR count). The van der Waals surface area contributed by atoms with Crippen molar-refractivity contribution in [1.82, 2.24) is 10.3 Å². The van der Waals surface area contributed by atoms with Gasteiger partial charge < -0.3 is 15.4 Å². The number of rotatable bonds is 8. The molecule has 0 aliphatic carbocycles. The van der Waals surface area contributed by atoms with E-state index in [2.05, 4.69) is 15.0 Å². The summed E-state index contributed by atoms with van der Waals surface area (Å²) in [6, 6.07) is 5.23. The number of unbranched alkanes of at least 4 members (excludes halogenated alkanes) is 1. The van der Waals surface area contributed by atoms with Crippen molar-refractivity contribution < 1.29 is 27.5 Å². The molecule has 0 fully saturated rings. The Labute approximate surface area is 164 Å². The summed E-state index contributed by atoms with van der Waals surface area (Å²) in [5, 5.41) is 3.77. The number of carbonyl (C=O) groups is 2. The van der Waals surface area contributed by atoms with Gasteiger partial charge in [0.15, 0.2) is 5.13 Å². The van der Waals surface area contributed by atoms with Crippen LogP contribution in [0.2, 0.25) is 0 Å². The molecule has 1 aromatic heterocycles. The van der Waals surface area contributed by atoms with Gasteiger partial charge in [-0.3, -0.25) is 4.79 Å². The zero-order valence-electron chi connectivity index (χ0n) is 15.8. The monoisotopic (exact) mass is 417 g/mol. The highest BCUT2D eigenvalue weighted by Crippen LogP contribution is 2.36. The molecular formula is C18H22F3N3O3S. The Balaban J connectivity index is 2.47. The van der Waals surface area contributed by atoms with E-state index in [9.17, 15) is 22.8 Å². The largest absolute Gasteiger partial charge is 0.463 e. The minimum Gasteiger partial charge on any atom is -0.463 e. The van der Waals surface area contributed by atoms with Gasteiger partial charge in [-0.1, -0.05) is 30.7 Å². The molecule has 10 heteroatoms. The molecule has 28 heavy (non-hydrogen) atoms. The Morgan fingerprint density at radius 3 is 2.57 bits per heavy atom. The number of alkyl halides is 3. The van der Waals surface area contributed by atoms with Gasteiger partial charge in [-0.05, 0) is 38.0 Å². The maximum atomic E-state index is 14.0. The molecule has 6 nitrogen and oxygen atoms in total. The van der Waals surface area contributed by atoms with Crippen LogP contribution in [0.4, 0.5) is 18.3 Å². The normalized spacial score (nSPS) is 13.8. The molecule has 0 spiro atoms. The van der Waals surface area contributed by atoms with Gasteiger partial charge in [-0.25, -0.2) is 9.78 Å². The predicted octanol–water partition coefficient (Wildman–Crippen LogP) is 4.14. The zero-order valence-corrected chi connectivity index (χ0v) is 16.6. The Kier molecular flexibility index (Phi) is 6.87. The second kappa shape index (κ2) is 8.76. The third-order valence-electron chi connectivity index (χ3n) is 3.93. The molecule has 154 valence electrons. The number of hydrogen-bond donors (Lipinski definition) is 2. The van der Waals surface area contributed by atoms with Crippen LogP contribution in [-0.2, 0) is 14.3 Å². The predicted molar refractivity (Wildman–Crippen MR) is 101 cm³/mol. The molecule has 0 aliphatic rings. The maximum absolute atomic E-state index is 14.0. The van der Waals surface area contributed by atoms with E-state index < -0.39 is 23.7 Å². The molecule has 2 aromatic rings. The van der Waals surface area contributed by atoms with Crippen molar-refractivity contribution >= 4 is 38.6 Å².